The Kier molecular flexibility index (Phi) is 4.49. The Morgan fingerprint density at radius 2 is 1.84 bits per heavy atom. The second-order valence-electron chi connectivity index (χ2n) is 12.8. The number of rotatable bonds is 0. The second-order valence-corrected chi connectivity index (χ2v) is 12.8. The number of hydrogen-bond donors (Lipinski definition) is 2. The van der Waals surface area contributed by atoms with Crippen molar-refractivity contribution in [3.63, 3.8) is 0 Å². The third-order valence-electron chi connectivity index (χ3n) is 11.5. The summed E-state index contributed by atoms with van der Waals surface area (Å²) in [4.78, 5) is 0. The van der Waals surface area contributed by atoms with Gasteiger partial charge in [0.15, 0.2) is 5.79 Å². The van der Waals surface area contributed by atoms with E-state index in [1.54, 1.807) is 0 Å². The lowest BCUT2D eigenvalue weighted by atomic mass is 9.45. The molecular weight excluding hydrogens is 388 g/mol. The highest BCUT2D eigenvalue weighted by atomic mass is 16.7. The van der Waals surface area contributed by atoms with Crippen LogP contribution in [0.15, 0.2) is 11.6 Å². The zero-order valence-electron chi connectivity index (χ0n) is 19.9. The molecule has 11 unspecified atom stereocenters. The second kappa shape index (κ2) is 6.58. The summed E-state index contributed by atoms with van der Waals surface area (Å²) in [5.41, 5.74) is 0.841. The normalized spacial score (nSPS) is 60.7. The first-order valence-corrected chi connectivity index (χ1v) is 13.0. The highest BCUT2D eigenvalue weighted by Gasteiger charge is 2.74. The van der Waals surface area contributed by atoms with Crippen molar-refractivity contribution < 1.29 is 19.7 Å². The molecule has 31 heavy (non-hydrogen) atoms. The summed E-state index contributed by atoms with van der Waals surface area (Å²) in [6.07, 6.45) is 11.3. The Hall–Kier alpha value is -0.420. The molecule has 4 heteroatoms. The van der Waals surface area contributed by atoms with Gasteiger partial charge in [-0.15, -0.1) is 0 Å². The third-order valence-corrected chi connectivity index (χ3v) is 11.5. The fourth-order valence-electron chi connectivity index (χ4n) is 9.62. The van der Waals surface area contributed by atoms with Gasteiger partial charge in [-0.25, -0.2) is 0 Å². The van der Waals surface area contributed by atoms with Gasteiger partial charge in [-0.3, -0.25) is 0 Å². The summed E-state index contributed by atoms with van der Waals surface area (Å²) in [6, 6.07) is 0. The van der Waals surface area contributed by atoms with Crippen molar-refractivity contribution in [3.8, 4) is 0 Å². The van der Waals surface area contributed by atoms with Crippen LogP contribution < -0.4 is 0 Å². The van der Waals surface area contributed by atoms with Gasteiger partial charge in [0, 0.05) is 30.1 Å². The molecule has 1 spiro atoms. The molecular formula is C27H42O4. The molecule has 5 fully saturated rings. The van der Waals surface area contributed by atoms with Crippen molar-refractivity contribution in [3.05, 3.63) is 11.6 Å². The molecule has 2 N–H and O–H groups in total. The van der Waals surface area contributed by atoms with Gasteiger partial charge in [-0.05, 0) is 68.1 Å². The summed E-state index contributed by atoms with van der Waals surface area (Å²) in [6.45, 7) is 10.2. The molecule has 11 atom stereocenters. The summed E-state index contributed by atoms with van der Waals surface area (Å²) < 4.78 is 13.2. The smallest absolute Gasteiger partial charge is 0.171 e. The minimum absolute atomic E-state index is 0.107. The molecule has 0 aromatic carbocycles. The van der Waals surface area contributed by atoms with Gasteiger partial charge in [-0.1, -0.05) is 39.3 Å². The lowest BCUT2D eigenvalue weighted by molar-refractivity contribution is -0.280. The van der Waals surface area contributed by atoms with Crippen LogP contribution >= 0.6 is 0 Å². The van der Waals surface area contributed by atoms with Crippen LogP contribution in [0.3, 0.4) is 0 Å². The summed E-state index contributed by atoms with van der Waals surface area (Å²) >= 11 is 0. The van der Waals surface area contributed by atoms with Gasteiger partial charge in [0.05, 0.1) is 24.4 Å². The number of aliphatic hydroxyl groups excluding tert-OH is 1. The Bertz CT molecular complexity index is 784. The number of ether oxygens (including phenoxy) is 2. The SMILES string of the molecule is CC1CCC2(OC1)OC1CC3(O)C4CC=C5CC(O)CCC5(C)C4CCC3(C)C1C2C. The van der Waals surface area contributed by atoms with E-state index in [0.29, 0.717) is 29.6 Å². The lowest BCUT2D eigenvalue weighted by Gasteiger charge is -2.61. The third kappa shape index (κ3) is 2.57. The fourth-order valence-corrected chi connectivity index (χ4v) is 9.62. The highest BCUT2D eigenvalue weighted by Crippen LogP contribution is 2.72. The Morgan fingerprint density at radius 1 is 1.03 bits per heavy atom. The topological polar surface area (TPSA) is 58.9 Å². The average Bonchev–Trinajstić information content (AvgIpc) is 3.12. The maximum absolute atomic E-state index is 12.5. The van der Waals surface area contributed by atoms with Crippen molar-refractivity contribution in [2.75, 3.05) is 6.61 Å². The van der Waals surface area contributed by atoms with E-state index in [9.17, 15) is 10.2 Å². The van der Waals surface area contributed by atoms with Crippen molar-refractivity contribution in [2.45, 2.75) is 109 Å². The molecule has 3 saturated carbocycles. The highest BCUT2D eigenvalue weighted by molar-refractivity contribution is 5.29. The van der Waals surface area contributed by atoms with Crippen LogP contribution in [0.5, 0.6) is 0 Å². The predicted molar refractivity (Wildman–Crippen MR) is 119 cm³/mol. The lowest BCUT2D eigenvalue weighted by Crippen LogP contribution is -2.61. The summed E-state index contributed by atoms with van der Waals surface area (Å²) in [7, 11) is 0. The Labute approximate surface area is 187 Å². The van der Waals surface area contributed by atoms with E-state index in [1.807, 2.05) is 0 Å². The quantitative estimate of drug-likeness (QED) is 0.541. The standard InChI is InChI=1S/C27H42O4/c1-16-7-12-27(30-15-16)17(2)23-22(31-27)14-26(29)21-6-5-18-13-19(28)8-10-24(18,3)20(21)9-11-25(23,26)4/h5,16-17,19-23,28-29H,6-15H2,1-4H3. The fraction of sp³-hybridized carbons (Fsp3) is 0.926. The molecule has 0 radical (unpaired) electrons. The minimum Gasteiger partial charge on any atom is -0.393 e. The van der Waals surface area contributed by atoms with E-state index in [-0.39, 0.29) is 23.0 Å². The van der Waals surface area contributed by atoms with Gasteiger partial charge in [-0.2, -0.15) is 0 Å². The van der Waals surface area contributed by atoms with E-state index < -0.39 is 11.4 Å². The number of fused-ring (bicyclic) bond motifs is 7. The average molecular weight is 431 g/mol. The van der Waals surface area contributed by atoms with Gasteiger partial charge in [0.25, 0.3) is 0 Å². The minimum atomic E-state index is -0.663. The first-order chi connectivity index (χ1) is 14.6. The van der Waals surface area contributed by atoms with Crippen molar-refractivity contribution >= 4 is 0 Å². The molecule has 4 aliphatic carbocycles. The van der Waals surface area contributed by atoms with Crippen molar-refractivity contribution in [1.82, 2.24) is 0 Å². The van der Waals surface area contributed by atoms with Gasteiger partial charge >= 0.3 is 0 Å². The molecule has 6 rings (SSSR count). The van der Waals surface area contributed by atoms with Crippen molar-refractivity contribution in [1.29, 1.82) is 0 Å². The molecule has 0 aromatic rings. The number of aliphatic hydroxyl groups is 2. The number of allylic oxidation sites excluding steroid dienone is 1. The van der Waals surface area contributed by atoms with E-state index in [4.69, 9.17) is 9.47 Å². The molecule has 0 bridgehead atoms. The molecule has 0 amide bonds. The maximum Gasteiger partial charge on any atom is 0.171 e. The zero-order chi connectivity index (χ0) is 21.8. The van der Waals surface area contributed by atoms with Crippen LogP contribution in [0.2, 0.25) is 0 Å². The van der Waals surface area contributed by atoms with E-state index in [0.717, 1.165) is 51.6 Å². The Morgan fingerprint density at radius 3 is 2.58 bits per heavy atom. The van der Waals surface area contributed by atoms with Crippen LogP contribution in [-0.4, -0.2) is 40.4 Å². The predicted octanol–water partition coefficient (Wildman–Crippen LogP) is 4.83. The monoisotopic (exact) mass is 430 g/mol. The Balaban J connectivity index is 1.32. The first kappa shape index (κ1) is 21.1. The molecule has 4 nitrogen and oxygen atoms in total. The maximum atomic E-state index is 12.5. The molecule has 0 aromatic heterocycles. The number of hydrogen-bond acceptors (Lipinski definition) is 4. The van der Waals surface area contributed by atoms with Crippen LogP contribution in [0.1, 0.15) is 85.5 Å². The zero-order valence-corrected chi connectivity index (χ0v) is 19.9. The molecule has 2 aliphatic heterocycles. The van der Waals surface area contributed by atoms with Crippen molar-refractivity contribution in [2.24, 2.45) is 40.4 Å². The van der Waals surface area contributed by atoms with Crippen LogP contribution in [-0.2, 0) is 9.47 Å². The van der Waals surface area contributed by atoms with Gasteiger partial charge < -0.3 is 19.7 Å². The van der Waals surface area contributed by atoms with Gasteiger partial charge in [0.1, 0.15) is 0 Å². The molecule has 174 valence electrons. The van der Waals surface area contributed by atoms with E-state index >= 15 is 0 Å². The molecule has 2 saturated heterocycles. The molecule has 2 heterocycles. The summed E-state index contributed by atoms with van der Waals surface area (Å²) in [5, 5.41) is 22.7. The largest absolute Gasteiger partial charge is 0.393 e. The van der Waals surface area contributed by atoms with Crippen LogP contribution in [0.25, 0.3) is 0 Å². The van der Waals surface area contributed by atoms with E-state index in [1.165, 1.54) is 18.4 Å². The molecule has 6 aliphatic rings. The first-order valence-electron chi connectivity index (χ1n) is 13.0. The summed E-state index contributed by atoms with van der Waals surface area (Å²) in [5.74, 6) is 1.72. The van der Waals surface area contributed by atoms with Crippen LogP contribution in [0.4, 0.5) is 0 Å². The van der Waals surface area contributed by atoms with E-state index in [2.05, 4.69) is 33.8 Å². The van der Waals surface area contributed by atoms with Crippen LogP contribution in [0, 0.1) is 40.4 Å². The van der Waals surface area contributed by atoms with Gasteiger partial charge in [0.2, 0.25) is 0 Å².